The fourth-order valence-electron chi connectivity index (χ4n) is 4.18. The maximum Gasteiger partial charge on any atom is 0.312 e. The smallest absolute Gasteiger partial charge is 0.312 e. The third-order valence-corrected chi connectivity index (χ3v) is 5.42. The van der Waals surface area contributed by atoms with E-state index < -0.39 is 0 Å². The summed E-state index contributed by atoms with van der Waals surface area (Å²) < 4.78 is 11.1. The zero-order chi connectivity index (χ0) is 16.7. The van der Waals surface area contributed by atoms with Crippen LogP contribution in [-0.4, -0.2) is 5.97 Å². The van der Waals surface area contributed by atoms with Crippen LogP contribution in [0.2, 0.25) is 0 Å². The van der Waals surface area contributed by atoms with E-state index in [-0.39, 0.29) is 22.6 Å². The summed E-state index contributed by atoms with van der Waals surface area (Å²) >= 11 is 0. The standard InChI is InChI=1S/C20H20O4/c1-13-11-16(21)18-19(23-13)20(12-17(22)24-18)9-7-15(8-10-20)14-5-3-2-4-6-14/h2-6,11,15H,7-10,12H2,1H3. The van der Waals surface area contributed by atoms with Gasteiger partial charge in [-0.2, -0.15) is 0 Å². The van der Waals surface area contributed by atoms with Crippen molar-refractivity contribution >= 4 is 5.97 Å². The van der Waals surface area contributed by atoms with Crippen molar-refractivity contribution < 1.29 is 13.9 Å². The Hall–Kier alpha value is -2.36. The van der Waals surface area contributed by atoms with E-state index in [1.165, 1.54) is 11.6 Å². The van der Waals surface area contributed by atoms with Gasteiger partial charge in [0.15, 0.2) is 5.76 Å². The molecule has 4 rings (SSSR count). The fourth-order valence-corrected chi connectivity index (χ4v) is 4.18. The second-order valence-corrected chi connectivity index (χ2v) is 7.00. The molecule has 1 spiro atoms. The molecule has 1 aromatic heterocycles. The molecule has 0 radical (unpaired) electrons. The molecule has 1 aliphatic carbocycles. The average molecular weight is 324 g/mol. The van der Waals surface area contributed by atoms with Gasteiger partial charge < -0.3 is 9.15 Å². The molecule has 1 aromatic carbocycles. The number of aryl methyl sites for hydroxylation is 1. The first-order valence-corrected chi connectivity index (χ1v) is 8.48. The maximum absolute atomic E-state index is 12.2. The van der Waals surface area contributed by atoms with Crippen LogP contribution in [-0.2, 0) is 10.2 Å². The Morgan fingerprint density at radius 2 is 1.79 bits per heavy atom. The third-order valence-electron chi connectivity index (χ3n) is 5.42. The highest BCUT2D eigenvalue weighted by Gasteiger charge is 2.47. The highest BCUT2D eigenvalue weighted by Crippen LogP contribution is 2.50. The Morgan fingerprint density at radius 3 is 2.50 bits per heavy atom. The molecule has 0 saturated heterocycles. The Balaban J connectivity index is 1.68. The molecule has 0 N–H and O–H groups in total. The lowest BCUT2D eigenvalue weighted by molar-refractivity contribution is -0.138. The van der Waals surface area contributed by atoms with Crippen molar-refractivity contribution in [1.29, 1.82) is 0 Å². The highest BCUT2D eigenvalue weighted by molar-refractivity contribution is 5.77. The lowest BCUT2D eigenvalue weighted by Gasteiger charge is -2.41. The predicted octanol–water partition coefficient (Wildman–Crippen LogP) is 3.85. The van der Waals surface area contributed by atoms with Crippen molar-refractivity contribution in [2.75, 3.05) is 0 Å². The zero-order valence-electron chi connectivity index (χ0n) is 13.7. The number of hydrogen-bond donors (Lipinski definition) is 0. The van der Waals surface area contributed by atoms with Gasteiger partial charge in [-0.05, 0) is 44.1 Å². The van der Waals surface area contributed by atoms with Crippen LogP contribution in [0.1, 0.15) is 55.1 Å². The SMILES string of the molecule is Cc1cc(=O)c2c(o1)C1(CCC(c3ccccc3)CC1)CC(=O)O2. The molecule has 4 nitrogen and oxygen atoms in total. The maximum atomic E-state index is 12.2. The van der Waals surface area contributed by atoms with Gasteiger partial charge in [0.1, 0.15) is 5.76 Å². The summed E-state index contributed by atoms with van der Waals surface area (Å²) in [6, 6.07) is 11.9. The van der Waals surface area contributed by atoms with E-state index in [1.807, 2.05) is 6.07 Å². The van der Waals surface area contributed by atoms with Gasteiger partial charge in [0.25, 0.3) is 0 Å². The van der Waals surface area contributed by atoms with E-state index in [1.54, 1.807) is 6.92 Å². The molecule has 2 heterocycles. The van der Waals surface area contributed by atoms with Gasteiger partial charge in [-0.15, -0.1) is 0 Å². The number of rotatable bonds is 1. The van der Waals surface area contributed by atoms with Gasteiger partial charge in [0.2, 0.25) is 11.2 Å². The number of carbonyl (C=O) groups is 1. The Labute approximate surface area is 140 Å². The largest absolute Gasteiger partial charge is 0.462 e. The molecule has 1 fully saturated rings. The lowest BCUT2D eigenvalue weighted by atomic mass is 9.65. The van der Waals surface area contributed by atoms with Gasteiger partial charge >= 0.3 is 5.97 Å². The van der Waals surface area contributed by atoms with Crippen LogP contribution in [0.3, 0.4) is 0 Å². The molecule has 0 atom stereocenters. The second-order valence-electron chi connectivity index (χ2n) is 7.00. The number of hydrogen-bond acceptors (Lipinski definition) is 4. The average Bonchev–Trinajstić information content (AvgIpc) is 2.58. The molecule has 124 valence electrons. The topological polar surface area (TPSA) is 56.5 Å². The minimum absolute atomic E-state index is 0.106. The van der Waals surface area contributed by atoms with Crippen LogP contribution < -0.4 is 10.2 Å². The first-order valence-electron chi connectivity index (χ1n) is 8.48. The van der Waals surface area contributed by atoms with Gasteiger partial charge in [0.05, 0.1) is 6.42 Å². The minimum atomic E-state index is -0.388. The molecule has 0 unspecified atom stereocenters. The Bertz CT molecular complexity index is 826. The second kappa shape index (κ2) is 5.62. The summed E-state index contributed by atoms with van der Waals surface area (Å²) in [5.41, 5.74) is 0.698. The molecule has 4 heteroatoms. The molecule has 2 aliphatic rings. The van der Waals surface area contributed by atoms with Crippen LogP contribution in [0.4, 0.5) is 0 Å². The van der Waals surface area contributed by atoms with E-state index in [2.05, 4.69) is 24.3 Å². The molecule has 2 aromatic rings. The number of esters is 1. The number of fused-ring (bicyclic) bond motifs is 2. The highest BCUT2D eigenvalue weighted by atomic mass is 16.5. The number of benzene rings is 1. The van der Waals surface area contributed by atoms with Crippen molar-refractivity contribution in [3.63, 3.8) is 0 Å². The third kappa shape index (κ3) is 2.46. The quantitative estimate of drug-likeness (QED) is 0.748. The van der Waals surface area contributed by atoms with Crippen molar-refractivity contribution in [3.05, 3.63) is 63.7 Å². The summed E-state index contributed by atoms with van der Waals surface area (Å²) in [6.45, 7) is 1.77. The zero-order valence-corrected chi connectivity index (χ0v) is 13.7. The summed E-state index contributed by atoms with van der Waals surface area (Å²) in [5, 5.41) is 0. The lowest BCUT2D eigenvalue weighted by Crippen LogP contribution is -2.40. The van der Waals surface area contributed by atoms with Crippen molar-refractivity contribution in [2.24, 2.45) is 0 Å². The van der Waals surface area contributed by atoms with Crippen LogP contribution in [0.5, 0.6) is 5.75 Å². The predicted molar refractivity (Wildman–Crippen MR) is 89.3 cm³/mol. The van der Waals surface area contributed by atoms with Gasteiger partial charge in [-0.25, -0.2) is 0 Å². The molecule has 24 heavy (non-hydrogen) atoms. The van der Waals surface area contributed by atoms with Gasteiger partial charge in [0, 0.05) is 11.5 Å². The van der Waals surface area contributed by atoms with Crippen LogP contribution in [0.15, 0.2) is 45.6 Å². The summed E-state index contributed by atoms with van der Waals surface area (Å²) in [5.74, 6) is 1.43. The van der Waals surface area contributed by atoms with Crippen molar-refractivity contribution in [2.45, 2.75) is 50.4 Å². The van der Waals surface area contributed by atoms with E-state index >= 15 is 0 Å². The molecular formula is C20H20O4. The van der Waals surface area contributed by atoms with Gasteiger partial charge in [-0.3, -0.25) is 9.59 Å². The van der Waals surface area contributed by atoms with E-state index in [0.29, 0.717) is 23.9 Å². The van der Waals surface area contributed by atoms with Gasteiger partial charge in [-0.1, -0.05) is 30.3 Å². The van der Waals surface area contributed by atoms with Crippen LogP contribution in [0.25, 0.3) is 0 Å². The summed E-state index contributed by atoms with van der Waals surface area (Å²) in [4.78, 5) is 24.3. The summed E-state index contributed by atoms with van der Waals surface area (Å²) in [6.07, 6.45) is 3.93. The molecule has 1 aliphatic heterocycles. The fraction of sp³-hybridized carbons (Fsp3) is 0.400. The molecule has 0 bridgehead atoms. The monoisotopic (exact) mass is 324 g/mol. The minimum Gasteiger partial charge on any atom is -0.462 e. The first-order chi connectivity index (χ1) is 11.6. The van der Waals surface area contributed by atoms with Crippen LogP contribution >= 0.6 is 0 Å². The normalized spacial score (nSPS) is 26.0. The summed E-state index contributed by atoms with van der Waals surface area (Å²) in [7, 11) is 0. The number of carbonyl (C=O) groups excluding carboxylic acids is 1. The first kappa shape index (κ1) is 15.2. The van der Waals surface area contributed by atoms with E-state index in [9.17, 15) is 9.59 Å². The van der Waals surface area contributed by atoms with E-state index in [4.69, 9.17) is 9.15 Å². The van der Waals surface area contributed by atoms with Crippen molar-refractivity contribution in [1.82, 2.24) is 0 Å². The van der Waals surface area contributed by atoms with E-state index in [0.717, 1.165) is 25.7 Å². The Morgan fingerprint density at radius 1 is 1.08 bits per heavy atom. The molecule has 1 saturated carbocycles. The van der Waals surface area contributed by atoms with Crippen LogP contribution in [0, 0.1) is 6.92 Å². The number of ether oxygens (including phenoxy) is 1. The van der Waals surface area contributed by atoms with Crippen molar-refractivity contribution in [3.8, 4) is 5.75 Å². The molecule has 0 amide bonds. The molecular weight excluding hydrogens is 304 g/mol. The Kier molecular flexibility index (Phi) is 3.56.